The van der Waals surface area contributed by atoms with Crippen LogP contribution in [-0.2, 0) is 4.79 Å². The summed E-state index contributed by atoms with van der Waals surface area (Å²) in [6.45, 7) is 3.46. The van der Waals surface area contributed by atoms with Gasteiger partial charge in [0.05, 0.1) is 0 Å². The van der Waals surface area contributed by atoms with Crippen LogP contribution in [0.5, 0.6) is 0 Å². The Labute approximate surface area is 107 Å². The van der Waals surface area contributed by atoms with Crippen molar-refractivity contribution >= 4 is 12.0 Å². The average Bonchev–Trinajstić information content (AvgIpc) is 2.31. The summed E-state index contributed by atoms with van der Waals surface area (Å²) in [6, 6.07) is -1.54. The van der Waals surface area contributed by atoms with E-state index in [1.807, 2.05) is 0 Å². The normalized spacial score (nSPS) is 24.9. The Morgan fingerprint density at radius 3 is 2.67 bits per heavy atom. The van der Waals surface area contributed by atoms with Crippen LogP contribution in [0.2, 0.25) is 0 Å². The third kappa shape index (κ3) is 4.37. The number of urea groups is 1. The lowest BCUT2D eigenvalue weighted by atomic mass is 9.91. The largest absolute Gasteiger partial charge is 0.480 e. The van der Waals surface area contributed by atoms with Crippen LogP contribution in [-0.4, -0.2) is 35.2 Å². The molecule has 1 saturated carbocycles. The average molecular weight is 255 g/mol. The molecule has 1 fully saturated rings. The van der Waals surface area contributed by atoms with Crippen LogP contribution in [0.15, 0.2) is 12.7 Å². The molecule has 1 aliphatic rings. The van der Waals surface area contributed by atoms with Crippen LogP contribution in [0.25, 0.3) is 0 Å². The van der Waals surface area contributed by atoms with Crippen molar-refractivity contribution in [1.29, 1.82) is 0 Å². The van der Waals surface area contributed by atoms with Gasteiger partial charge in [-0.05, 0) is 19.3 Å². The van der Waals surface area contributed by atoms with E-state index in [1.165, 1.54) is 6.08 Å². The predicted molar refractivity (Wildman–Crippen MR) is 68.1 cm³/mol. The molecule has 3 unspecified atom stereocenters. The third-order valence-corrected chi connectivity index (χ3v) is 3.14. The second kappa shape index (κ2) is 7.00. The summed E-state index contributed by atoms with van der Waals surface area (Å²) in [6.07, 6.45) is 5.50. The molecular weight excluding hydrogens is 234 g/mol. The quantitative estimate of drug-likeness (QED) is 0.539. The number of hydrogen-bond acceptors (Lipinski definition) is 3. The van der Waals surface area contributed by atoms with Crippen LogP contribution < -0.4 is 16.4 Å². The lowest BCUT2D eigenvalue weighted by molar-refractivity contribution is -0.139. The number of aliphatic carboxylic acids is 1. The maximum Gasteiger partial charge on any atom is 0.326 e. The highest BCUT2D eigenvalue weighted by molar-refractivity contribution is 5.82. The zero-order valence-electron chi connectivity index (χ0n) is 10.4. The topological polar surface area (TPSA) is 104 Å². The lowest BCUT2D eigenvalue weighted by Gasteiger charge is -2.29. The summed E-state index contributed by atoms with van der Waals surface area (Å²) < 4.78 is 0. The molecular formula is C12H21N3O3. The zero-order chi connectivity index (χ0) is 13.5. The van der Waals surface area contributed by atoms with E-state index in [0.717, 1.165) is 25.7 Å². The molecule has 0 heterocycles. The first-order chi connectivity index (χ1) is 8.54. The molecule has 3 atom stereocenters. The second-order valence-corrected chi connectivity index (χ2v) is 4.59. The zero-order valence-corrected chi connectivity index (χ0v) is 10.4. The number of nitrogens with one attached hydrogen (secondary N) is 2. The van der Waals surface area contributed by atoms with Gasteiger partial charge >= 0.3 is 12.0 Å². The highest BCUT2D eigenvalue weighted by atomic mass is 16.4. The molecule has 0 aromatic heterocycles. The van der Waals surface area contributed by atoms with Crippen molar-refractivity contribution in [2.24, 2.45) is 5.73 Å². The summed E-state index contributed by atoms with van der Waals surface area (Å²) in [4.78, 5) is 22.5. The molecule has 6 nitrogen and oxygen atoms in total. The Balaban J connectivity index is 2.43. The number of nitrogens with two attached hydrogens (primary N) is 1. The third-order valence-electron chi connectivity index (χ3n) is 3.14. The first-order valence-corrected chi connectivity index (χ1v) is 6.21. The van der Waals surface area contributed by atoms with E-state index >= 15 is 0 Å². The van der Waals surface area contributed by atoms with Gasteiger partial charge < -0.3 is 21.5 Å². The van der Waals surface area contributed by atoms with Gasteiger partial charge in [0.2, 0.25) is 0 Å². The van der Waals surface area contributed by atoms with Gasteiger partial charge in [0.15, 0.2) is 0 Å². The molecule has 5 N–H and O–H groups in total. The summed E-state index contributed by atoms with van der Waals surface area (Å²) in [5.74, 6) is -1.07. The summed E-state index contributed by atoms with van der Waals surface area (Å²) >= 11 is 0. The van der Waals surface area contributed by atoms with E-state index in [1.54, 1.807) is 0 Å². The van der Waals surface area contributed by atoms with Crippen LogP contribution in [0, 0.1) is 0 Å². The van der Waals surface area contributed by atoms with Crippen molar-refractivity contribution in [1.82, 2.24) is 10.6 Å². The molecule has 0 spiro atoms. The fraction of sp³-hybridized carbons (Fsp3) is 0.667. The van der Waals surface area contributed by atoms with Crippen LogP contribution >= 0.6 is 0 Å². The number of amides is 2. The SMILES string of the molecule is C=CCC(NC(=O)NC1CCCCC1N)C(=O)O. The highest BCUT2D eigenvalue weighted by Crippen LogP contribution is 2.16. The summed E-state index contributed by atoms with van der Waals surface area (Å²) in [5.41, 5.74) is 5.90. The van der Waals surface area contributed by atoms with Crippen molar-refractivity contribution in [3.8, 4) is 0 Å². The van der Waals surface area contributed by atoms with E-state index in [9.17, 15) is 9.59 Å². The Kier molecular flexibility index (Phi) is 5.64. The van der Waals surface area contributed by atoms with E-state index in [0.29, 0.717) is 0 Å². The number of carbonyl (C=O) groups excluding carboxylic acids is 1. The van der Waals surface area contributed by atoms with Gasteiger partial charge in [0, 0.05) is 12.1 Å². The summed E-state index contributed by atoms with van der Waals surface area (Å²) in [5, 5.41) is 14.0. The second-order valence-electron chi connectivity index (χ2n) is 4.59. The Morgan fingerprint density at radius 2 is 2.11 bits per heavy atom. The molecule has 0 aromatic rings. The lowest BCUT2D eigenvalue weighted by Crippen LogP contribution is -2.54. The minimum absolute atomic E-state index is 0.0489. The van der Waals surface area contributed by atoms with E-state index in [2.05, 4.69) is 17.2 Å². The van der Waals surface area contributed by atoms with E-state index < -0.39 is 18.0 Å². The molecule has 0 saturated heterocycles. The Bertz CT molecular complexity index is 320. The van der Waals surface area contributed by atoms with Crippen molar-refractivity contribution in [2.45, 2.75) is 50.2 Å². The van der Waals surface area contributed by atoms with Gasteiger partial charge in [-0.15, -0.1) is 6.58 Å². The molecule has 2 amide bonds. The van der Waals surface area contributed by atoms with Gasteiger partial charge in [-0.3, -0.25) is 0 Å². The molecule has 102 valence electrons. The number of rotatable bonds is 5. The fourth-order valence-corrected chi connectivity index (χ4v) is 2.10. The minimum Gasteiger partial charge on any atom is -0.480 e. The number of carbonyl (C=O) groups is 2. The van der Waals surface area contributed by atoms with Gasteiger partial charge in [-0.25, -0.2) is 9.59 Å². The van der Waals surface area contributed by atoms with E-state index in [4.69, 9.17) is 10.8 Å². The number of carboxylic acids is 1. The standard InChI is InChI=1S/C12H21N3O3/c1-2-5-10(11(16)17)15-12(18)14-9-7-4-3-6-8(9)13/h2,8-10H,1,3-7,13H2,(H,16,17)(H2,14,15,18). The van der Waals surface area contributed by atoms with Crippen molar-refractivity contribution < 1.29 is 14.7 Å². The number of hydrogen-bond donors (Lipinski definition) is 4. The van der Waals surface area contributed by atoms with Gasteiger partial charge in [-0.2, -0.15) is 0 Å². The smallest absolute Gasteiger partial charge is 0.326 e. The predicted octanol–water partition coefficient (Wildman–Crippen LogP) is 0.585. The maximum atomic E-state index is 11.7. The Hall–Kier alpha value is -1.56. The van der Waals surface area contributed by atoms with Crippen molar-refractivity contribution in [3.05, 3.63) is 12.7 Å². The first-order valence-electron chi connectivity index (χ1n) is 6.21. The molecule has 0 aromatic carbocycles. The van der Waals surface area contributed by atoms with Crippen LogP contribution in [0.4, 0.5) is 4.79 Å². The molecule has 0 radical (unpaired) electrons. The van der Waals surface area contributed by atoms with Crippen LogP contribution in [0.1, 0.15) is 32.1 Å². The summed E-state index contributed by atoms with van der Waals surface area (Å²) in [7, 11) is 0. The number of carboxylic acid groups (broad SMARTS) is 1. The molecule has 1 rings (SSSR count). The monoisotopic (exact) mass is 255 g/mol. The van der Waals surface area contributed by atoms with Gasteiger partial charge in [0.25, 0.3) is 0 Å². The van der Waals surface area contributed by atoms with Crippen LogP contribution in [0.3, 0.4) is 0 Å². The van der Waals surface area contributed by atoms with Crippen molar-refractivity contribution in [2.75, 3.05) is 0 Å². The van der Waals surface area contributed by atoms with Crippen molar-refractivity contribution in [3.63, 3.8) is 0 Å². The maximum absolute atomic E-state index is 11.7. The van der Waals surface area contributed by atoms with Gasteiger partial charge in [0.1, 0.15) is 6.04 Å². The van der Waals surface area contributed by atoms with Gasteiger partial charge in [-0.1, -0.05) is 18.9 Å². The molecule has 1 aliphatic carbocycles. The minimum atomic E-state index is -1.07. The van der Waals surface area contributed by atoms with E-state index in [-0.39, 0.29) is 18.5 Å². The highest BCUT2D eigenvalue weighted by Gasteiger charge is 2.25. The molecule has 6 heteroatoms. The Morgan fingerprint density at radius 1 is 1.44 bits per heavy atom. The molecule has 18 heavy (non-hydrogen) atoms. The molecule has 0 aliphatic heterocycles. The first kappa shape index (κ1) is 14.5. The fourth-order valence-electron chi connectivity index (χ4n) is 2.10. The molecule has 0 bridgehead atoms.